The van der Waals surface area contributed by atoms with E-state index in [9.17, 15) is 0 Å². The fraction of sp³-hybridized carbons (Fsp3) is 0.429. The predicted molar refractivity (Wildman–Crippen MR) is 71.5 cm³/mol. The Balaban J connectivity index is 1.98. The number of nitrogens with zero attached hydrogens (tertiary/aromatic N) is 2. The van der Waals surface area contributed by atoms with Gasteiger partial charge in [-0.1, -0.05) is 35.5 Å². The third-order valence-corrected chi connectivity index (χ3v) is 2.97. The van der Waals surface area contributed by atoms with E-state index in [1.807, 2.05) is 37.3 Å². The zero-order valence-electron chi connectivity index (χ0n) is 11.2. The Morgan fingerprint density at radius 3 is 2.68 bits per heavy atom. The molecule has 0 fully saturated rings. The Morgan fingerprint density at radius 2 is 2.00 bits per heavy atom. The summed E-state index contributed by atoms with van der Waals surface area (Å²) >= 11 is 0. The summed E-state index contributed by atoms with van der Waals surface area (Å²) in [5.41, 5.74) is 7.23. The number of hydrogen-bond acceptors (Lipinski definition) is 5. The zero-order chi connectivity index (χ0) is 13.7. The van der Waals surface area contributed by atoms with Crippen molar-refractivity contribution >= 4 is 0 Å². The van der Waals surface area contributed by atoms with Crippen LogP contribution in [0.4, 0.5) is 0 Å². The topological polar surface area (TPSA) is 74.2 Å². The van der Waals surface area contributed by atoms with Crippen molar-refractivity contribution < 1.29 is 9.26 Å². The highest BCUT2D eigenvalue weighted by atomic mass is 16.5. The van der Waals surface area contributed by atoms with E-state index >= 15 is 0 Å². The van der Waals surface area contributed by atoms with Gasteiger partial charge in [0.15, 0.2) is 5.82 Å². The van der Waals surface area contributed by atoms with Crippen molar-refractivity contribution in [3.05, 3.63) is 47.6 Å². The Hall–Kier alpha value is -1.72. The third-order valence-electron chi connectivity index (χ3n) is 2.97. The molecule has 19 heavy (non-hydrogen) atoms. The highest BCUT2D eigenvalue weighted by Crippen LogP contribution is 2.14. The molecule has 0 aliphatic carbocycles. The summed E-state index contributed by atoms with van der Waals surface area (Å²) in [6, 6.07) is 9.74. The van der Waals surface area contributed by atoms with Crippen LogP contribution >= 0.6 is 0 Å². The molecule has 0 radical (unpaired) electrons. The molecule has 1 heterocycles. The molecule has 0 aliphatic rings. The second-order valence-corrected chi connectivity index (χ2v) is 4.60. The van der Waals surface area contributed by atoms with Gasteiger partial charge in [0, 0.05) is 13.5 Å². The molecule has 5 nitrogen and oxygen atoms in total. The van der Waals surface area contributed by atoms with Crippen LogP contribution in [-0.4, -0.2) is 23.4 Å². The molecule has 5 heteroatoms. The Kier molecular flexibility index (Phi) is 4.65. The van der Waals surface area contributed by atoms with Gasteiger partial charge in [-0.15, -0.1) is 0 Å². The average molecular weight is 261 g/mol. The highest BCUT2D eigenvalue weighted by Gasteiger charge is 2.16. The van der Waals surface area contributed by atoms with Gasteiger partial charge >= 0.3 is 0 Å². The van der Waals surface area contributed by atoms with Gasteiger partial charge in [-0.05, 0) is 18.9 Å². The number of hydrogen-bond donors (Lipinski definition) is 1. The first kappa shape index (κ1) is 13.7. The van der Waals surface area contributed by atoms with Crippen molar-refractivity contribution in [2.45, 2.75) is 31.9 Å². The van der Waals surface area contributed by atoms with Gasteiger partial charge < -0.3 is 15.0 Å². The first-order valence-electron chi connectivity index (χ1n) is 6.34. The lowest BCUT2D eigenvalue weighted by Crippen LogP contribution is -2.14. The van der Waals surface area contributed by atoms with Crippen LogP contribution in [0.3, 0.4) is 0 Å². The van der Waals surface area contributed by atoms with Crippen LogP contribution in [0.25, 0.3) is 0 Å². The van der Waals surface area contributed by atoms with Crippen molar-refractivity contribution in [1.82, 2.24) is 10.1 Å². The van der Waals surface area contributed by atoms with Gasteiger partial charge in [0.1, 0.15) is 0 Å². The first-order valence-corrected chi connectivity index (χ1v) is 6.34. The predicted octanol–water partition coefficient (Wildman–Crippen LogP) is 1.89. The summed E-state index contributed by atoms with van der Waals surface area (Å²) in [7, 11) is 1.66. The standard InChI is InChI=1S/C14H19N3O2/c1-10(18-2)8-13-16-14(19-17-13)12(15)9-11-6-4-3-5-7-11/h3-7,10,12H,8-9,15H2,1-2H3/t10?,12-/m1/s1. The van der Waals surface area contributed by atoms with Crippen molar-refractivity contribution in [3.63, 3.8) is 0 Å². The molecule has 102 valence electrons. The largest absolute Gasteiger partial charge is 0.381 e. The molecule has 1 aromatic carbocycles. The van der Waals surface area contributed by atoms with Crippen molar-refractivity contribution in [1.29, 1.82) is 0 Å². The van der Waals surface area contributed by atoms with Gasteiger partial charge in [-0.3, -0.25) is 0 Å². The fourth-order valence-corrected chi connectivity index (χ4v) is 1.80. The van der Waals surface area contributed by atoms with Gasteiger partial charge in [-0.25, -0.2) is 0 Å². The van der Waals surface area contributed by atoms with E-state index in [0.717, 1.165) is 5.56 Å². The van der Waals surface area contributed by atoms with Crippen LogP contribution in [0.1, 0.15) is 30.2 Å². The minimum atomic E-state index is -0.276. The summed E-state index contributed by atoms with van der Waals surface area (Å²) in [6.07, 6.45) is 1.37. The molecule has 2 atom stereocenters. The minimum absolute atomic E-state index is 0.0656. The highest BCUT2D eigenvalue weighted by molar-refractivity contribution is 5.16. The number of nitrogens with two attached hydrogens (primary N) is 1. The summed E-state index contributed by atoms with van der Waals surface area (Å²) in [5, 5.41) is 3.92. The van der Waals surface area contributed by atoms with Crippen molar-refractivity contribution in [2.75, 3.05) is 7.11 Å². The zero-order valence-corrected chi connectivity index (χ0v) is 11.2. The average Bonchev–Trinajstić information content (AvgIpc) is 2.88. The van der Waals surface area contributed by atoms with E-state index in [2.05, 4.69) is 10.1 Å². The van der Waals surface area contributed by atoms with Gasteiger partial charge in [0.25, 0.3) is 0 Å². The maximum absolute atomic E-state index is 6.08. The molecule has 1 aromatic heterocycles. The molecule has 0 saturated heterocycles. The fourth-order valence-electron chi connectivity index (χ4n) is 1.80. The van der Waals surface area contributed by atoms with E-state index in [-0.39, 0.29) is 12.1 Å². The second kappa shape index (κ2) is 6.45. The molecule has 2 aromatic rings. The molecule has 0 bridgehead atoms. The van der Waals surface area contributed by atoms with Crippen LogP contribution in [0.15, 0.2) is 34.9 Å². The van der Waals surface area contributed by atoms with Crippen LogP contribution in [0, 0.1) is 0 Å². The summed E-state index contributed by atoms with van der Waals surface area (Å²) in [5.74, 6) is 1.11. The maximum Gasteiger partial charge on any atom is 0.243 e. The molecule has 0 aliphatic heterocycles. The molecule has 2 N–H and O–H groups in total. The van der Waals surface area contributed by atoms with E-state index in [0.29, 0.717) is 24.6 Å². The Labute approximate surface area is 112 Å². The van der Waals surface area contributed by atoms with Crippen LogP contribution in [-0.2, 0) is 17.6 Å². The molecule has 1 unspecified atom stereocenters. The lowest BCUT2D eigenvalue weighted by atomic mass is 10.1. The van der Waals surface area contributed by atoms with Crippen LogP contribution in [0.5, 0.6) is 0 Å². The number of aromatic nitrogens is 2. The van der Waals surface area contributed by atoms with Gasteiger partial charge in [0.05, 0.1) is 12.1 Å². The normalized spacial score (nSPS) is 14.3. The van der Waals surface area contributed by atoms with Crippen LogP contribution < -0.4 is 5.73 Å². The first-order chi connectivity index (χ1) is 9.19. The number of benzene rings is 1. The molecule has 0 amide bonds. The van der Waals surface area contributed by atoms with Gasteiger partial charge in [-0.2, -0.15) is 4.98 Å². The SMILES string of the molecule is COC(C)Cc1noc([C@H](N)Cc2ccccc2)n1. The van der Waals surface area contributed by atoms with Gasteiger partial charge in [0.2, 0.25) is 5.89 Å². The van der Waals surface area contributed by atoms with E-state index in [1.54, 1.807) is 7.11 Å². The quantitative estimate of drug-likeness (QED) is 0.859. The van der Waals surface area contributed by atoms with E-state index in [4.69, 9.17) is 15.0 Å². The molecule has 0 spiro atoms. The smallest absolute Gasteiger partial charge is 0.243 e. The molecular formula is C14H19N3O2. The number of methoxy groups -OCH3 is 1. The lowest BCUT2D eigenvalue weighted by molar-refractivity contribution is 0.116. The maximum atomic E-state index is 6.08. The summed E-state index contributed by atoms with van der Waals surface area (Å²) in [6.45, 7) is 1.96. The third kappa shape index (κ3) is 3.87. The minimum Gasteiger partial charge on any atom is -0.381 e. The lowest BCUT2D eigenvalue weighted by Gasteiger charge is -2.06. The summed E-state index contributed by atoms with van der Waals surface area (Å²) < 4.78 is 10.4. The van der Waals surface area contributed by atoms with Crippen LogP contribution in [0.2, 0.25) is 0 Å². The van der Waals surface area contributed by atoms with Crippen molar-refractivity contribution in [2.24, 2.45) is 5.73 Å². The van der Waals surface area contributed by atoms with E-state index < -0.39 is 0 Å². The van der Waals surface area contributed by atoms with E-state index in [1.165, 1.54) is 0 Å². The Bertz CT molecular complexity index is 498. The molecule has 2 rings (SSSR count). The number of ether oxygens (including phenoxy) is 1. The van der Waals surface area contributed by atoms with Crippen molar-refractivity contribution in [3.8, 4) is 0 Å². The number of rotatable bonds is 6. The second-order valence-electron chi connectivity index (χ2n) is 4.60. The summed E-state index contributed by atoms with van der Waals surface area (Å²) in [4.78, 5) is 4.31. The Morgan fingerprint density at radius 1 is 1.26 bits per heavy atom. The molecule has 0 saturated carbocycles. The molecular weight excluding hydrogens is 242 g/mol. The monoisotopic (exact) mass is 261 g/mol.